The summed E-state index contributed by atoms with van der Waals surface area (Å²) in [6.07, 6.45) is 0. The lowest BCUT2D eigenvalue weighted by Gasteiger charge is -2.26. The number of methoxy groups -OCH3 is 1. The number of carbonyl (C=O) groups excluding carboxylic acids is 2. The van der Waals surface area contributed by atoms with Crippen molar-refractivity contribution in [1.82, 2.24) is 4.90 Å². The first kappa shape index (κ1) is 24.1. The van der Waals surface area contributed by atoms with Gasteiger partial charge >= 0.3 is 6.03 Å². The maximum Gasteiger partial charge on any atom is 0.322 e. The van der Waals surface area contributed by atoms with Crippen molar-refractivity contribution in [3.63, 3.8) is 0 Å². The van der Waals surface area contributed by atoms with Gasteiger partial charge in [-0.2, -0.15) is 0 Å². The molecule has 3 amide bonds. The number of hydrogen-bond donors (Lipinski definition) is 2. The third kappa shape index (κ3) is 7.25. The van der Waals surface area contributed by atoms with Gasteiger partial charge in [0.1, 0.15) is 5.82 Å². The van der Waals surface area contributed by atoms with Crippen LogP contribution in [0.25, 0.3) is 0 Å². The number of amides is 3. The third-order valence-corrected chi connectivity index (χ3v) is 4.64. The predicted octanol–water partition coefficient (Wildman–Crippen LogP) is 4.17. The highest BCUT2D eigenvalue weighted by atomic mass is 19.1. The minimum absolute atomic E-state index is 0.0800. The molecule has 0 unspecified atom stereocenters. The highest BCUT2D eigenvalue weighted by Gasteiger charge is 2.18. The lowest BCUT2D eigenvalue weighted by molar-refractivity contribution is -0.118. The van der Waals surface area contributed by atoms with E-state index in [1.165, 1.54) is 18.2 Å². The van der Waals surface area contributed by atoms with Crippen molar-refractivity contribution in [3.8, 4) is 0 Å². The summed E-state index contributed by atoms with van der Waals surface area (Å²) in [6, 6.07) is 11.0. The van der Waals surface area contributed by atoms with E-state index in [1.54, 1.807) is 18.1 Å². The van der Waals surface area contributed by atoms with Crippen LogP contribution in [0.15, 0.2) is 42.5 Å². The first-order valence-electron chi connectivity index (χ1n) is 10.1. The molecule has 0 aromatic heterocycles. The summed E-state index contributed by atoms with van der Waals surface area (Å²) in [5.41, 5.74) is 2.82. The van der Waals surface area contributed by atoms with Crippen molar-refractivity contribution in [1.29, 1.82) is 0 Å². The number of hydrogen-bond acceptors (Lipinski definition) is 4. The molecule has 0 saturated heterocycles. The molecule has 7 nitrogen and oxygen atoms in total. The van der Waals surface area contributed by atoms with E-state index < -0.39 is 5.82 Å². The van der Waals surface area contributed by atoms with E-state index in [0.717, 1.165) is 11.3 Å². The van der Waals surface area contributed by atoms with Gasteiger partial charge in [0.2, 0.25) is 5.91 Å². The zero-order valence-corrected chi connectivity index (χ0v) is 18.7. The summed E-state index contributed by atoms with van der Waals surface area (Å²) in [4.78, 5) is 28.6. The Morgan fingerprint density at radius 3 is 2.39 bits per heavy atom. The van der Waals surface area contributed by atoms with E-state index in [0.29, 0.717) is 24.5 Å². The Labute approximate surface area is 183 Å². The number of nitrogens with zero attached hydrogens (tertiary/aromatic N) is 2. The minimum atomic E-state index is -0.426. The van der Waals surface area contributed by atoms with Gasteiger partial charge in [-0.3, -0.25) is 4.79 Å². The Morgan fingerprint density at radius 2 is 1.77 bits per heavy atom. The monoisotopic (exact) mass is 430 g/mol. The van der Waals surface area contributed by atoms with Crippen molar-refractivity contribution < 1.29 is 18.7 Å². The van der Waals surface area contributed by atoms with Gasteiger partial charge in [-0.1, -0.05) is 19.9 Å². The molecule has 31 heavy (non-hydrogen) atoms. The molecular formula is C23H31FN4O3. The number of halogens is 1. The maximum absolute atomic E-state index is 13.5. The Bertz CT molecular complexity index is 902. The molecule has 8 heteroatoms. The number of urea groups is 1. The van der Waals surface area contributed by atoms with Crippen LogP contribution < -0.4 is 15.5 Å². The molecule has 0 fully saturated rings. The molecule has 0 bridgehead atoms. The molecule has 0 aliphatic rings. The van der Waals surface area contributed by atoms with Gasteiger partial charge in [-0.15, -0.1) is 0 Å². The fraction of sp³-hybridized carbons (Fsp3) is 0.391. The average molecular weight is 431 g/mol. The number of anilines is 3. The van der Waals surface area contributed by atoms with Gasteiger partial charge in [0.25, 0.3) is 0 Å². The van der Waals surface area contributed by atoms with E-state index in [1.807, 2.05) is 51.0 Å². The fourth-order valence-corrected chi connectivity index (χ4v) is 2.94. The van der Waals surface area contributed by atoms with Gasteiger partial charge < -0.3 is 25.2 Å². The molecule has 0 radical (unpaired) electrons. The number of carbonyl (C=O) groups is 2. The standard InChI is InChI=1S/C23H31FN4O3/c1-16(2)22(29)25-20-9-10-21(27(3)4)17(13-20)15-28(11-12-31-5)23(30)26-19-8-6-7-18(24)14-19/h6-10,13-14,16H,11-12,15H2,1-5H3,(H,25,29)(H,26,30). The summed E-state index contributed by atoms with van der Waals surface area (Å²) in [6.45, 7) is 4.62. The molecule has 2 aromatic carbocycles. The van der Waals surface area contributed by atoms with Crippen LogP contribution in [0.1, 0.15) is 19.4 Å². The quantitative estimate of drug-likeness (QED) is 0.626. The second-order valence-electron chi connectivity index (χ2n) is 7.74. The van der Waals surface area contributed by atoms with Crippen LogP contribution in [-0.2, 0) is 16.1 Å². The van der Waals surface area contributed by atoms with Crippen LogP contribution in [0.4, 0.5) is 26.2 Å². The van der Waals surface area contributed by atoms with E-state index >= 15 is 0 Å². The Kier molecular flexibility index (Phi) is 8.81. The van der Waals surface area contributed by atoms with E-state index in [9.17, 15) is 14.0 Å². The van der Waals surface area contributed by atoms with Crippen LogP contribution in [0.2, 0.25) is 0 Å². The lowest BCUT2D eigenvalue weighted by atomic mass is 10.1. The Balaban J connectivity index is 2.28. The fourth-order valence-electron chi connectivity index (χ4n) is 2.94. The zero-order chi connectivity index (χ0) is 23.0. The second-order valence-corrected chi connectivity index (χ2v) is 7.74. The summed E-state index contributed by atoms with van der Waals surface area (Å²) in [7, 11) is 5.39. The lowest BCUT2D eigenvalue weighted by Crippen LogP contribution is -2.37. The van der Waals surface area contributed by atoms with Crippen molar-refractivity contribution in [2.75, 3.05) is 49.9 Å². The first-order chi connectivity index (χ1) is 14.7. The summed E-state index contributed by atoms with van der Waals surface area (Å²) in [5, 5.41) is 5.63. The van der Waals surface area contributed by atoms with Crippen LogP contribution >= 0.6 is 0 Å². The van der Waals surface area contributed by atoms with Gasteiger partial charge in [0.05, 0.1) is 6.61 Å². The normalized spacial score (nSPS) is 10.7. The van der Waals surface area contributed by atoms with E-state index in [-0.39, 0.29) is 24.4 Å². The number of ether oxygens (including phenoxy) is 1. The average Bonchev–Trinajstić information content (AvgIpc) is 2.70. The molecule has 168 valence electrons. The molecule has 0 aliphatic carbocycles. The Morgan fingerprint density at radius 1 is 1.06 bits per heavy atom. The molecule has 2 aromatic rings. The molecule has 0 heterocycles. The van der Waals surface area contributed by atoms with Crippen molar-refractivity contribution in [2.45, 2.75) is 20.4 Å². The first-order valence-corrected chi connectivity index (χ1v) is 10.1. The van der Waals surface area contributed by atoms with Crippen LogP contribution in [0.3, 0.4) is 0 Å². The van der Waals surface area contributed by atoms with Crippen molar-refractivity contribution in [2.24, 2.45) is 5.92 Å². The predicted molar refractivity (Wildman–Crippen MR) is 122 cm³/mol. The second kappa shape index (κ2) is 11.3. The van der Waals surface area contributed by atoms with Crippen molar-refractivity contribution in [3.05, 3.63) is 53.8 Å². The van der Waals surface area contributed by atoms with Crippen LogP contribution in [0.5, 0.6) is 0 Å². The van der Waals surface area contributed by atoms with Crippen LogP contribution in [-0.4, -0.2) is 51.2 Å². The van der Waals surface area contributed by atoms with E-state index in [4.69, 9.17) is 4.74 Å². The SMILES string of the molecule is COCCN(Cc1cc(NC(=O)C(C)C)ccc1N(C)C)C(=O)Nc1cccc(F)c1. The molecule has 0 spiro atoms. The Hall–Kier alpha value is -3.13. The zero-order valence-electron chi connectivity index (χ0n) is 18.7. The molecule has 2 rings (SSSR count). The maximum atomic E-state index is 13.5. The van der Waals surface area contributed by atoms with E-state index in [2.05, 4.69) is 10.6 Å². The van der Waals surface area contributed by atoms with Gasteiger partial charge in [-0.25, -0.2) is 9.18 Å². The molecular weight excluding hydrogens is 399 g/mol. The number of benzene rings is 2. The highest BCUT2D eigenvalue weighted by molar-refractivity contribution is 5.92. The highest BCUT2D eigenvalue weighted by Crippen LogP contribution is 2.25. The smallest absolute Gasteiger partial charge is 0.322 e. The van der Waals surface area contributed by atoms with Crippen molar-refractivity contribution >= 4 is 29.0 Å². The summed E-state index contributed by atoms with van der Waals surface area (Å²) in [5.74, 6) is -0.652. The minimum Gasteiger partial charge on any atom is -0.383 e. The summed E-state index contributed by atoms with van der Waals surface area (Å²) < 4.78 is 18.7. The molecule has 0 saturated carbocycles. The summed E-state index contributed by atoms with van der Waals surface area (Å²) >= 11 is 0. The van der Waals surface area contributed by atoms with Gasteiger partial charge in [0.15, 0.2) is 0 Å². The number of nitrogens with one attached hydrogen (secondary N) is 2. The number of rotatable bonds is 9. The molecule has 0 aliphatic heterocycles. The largest absolute Gasteiger partial charge is 0.383 e. The third-order valence-electron chi connectivity index (χ3n) is 4.64. The topological polar surface area (TPSA) is 73.9 Å². The van der Waals surface area contributed by atoms with Gasteiger partial charge in [-0.05, 0) is 42.0 Å². The van der Waals surface area contributed by atoms with Crippen LogP contribution in [0, 0.1) is 11.7 Å². The molecule has 2 N–H and O–H groups in total. The molecule has 0 atom stereocenters. The van der Waals surface area contributed by atoms with Gasteiger partial charge in [0, 0.05) is 57.3 Å².